The van der Waals surface area contributed by atoms with Gasteiger partial charge in [-0.15, -0.1) is 0 Å². The number of anilines is 2. The van der Waals surface area contributed by atoms with Crippen molar-refractivity contribution in [2.75, 3.05) is 31.5 Å². The standard InChI is InChI=1S/C25H23N3O6/c1-32-18-6-4-5-16(11-18)24(29)26-17-7-8-22-21(12-17)23(27-31)25(30)28(22)14-15-9-19(33-2)13-20(10-15)34-3/h4-13,31H,14H2,1-3H3,(H,26,29)/b27-23-. The van der Waals surface area contributed by atoms with E-state index in [1.807, 2.05) is 0 Å². The number of carbonyl (C=O) groups excluding carboxylic acids is 2. The molecule has 9 nitrogen and oxygen atoms in total. The van der Waals surface area contributed by atoms with E-state index in [9.17, 15) is 14.8 Å². The fraction of sp³-hybridized carbons (Fsp3) is 0.160. The number of rotatable bonds is 7. The highest BCUT2D eigenvalue weighted by Gasteiger charge is 2.35. The molecule has 1 heterocycles. The van der Waals surface area contributed by atoms with E-state index in [0.717, 1.165) is 5.56 Å². The monoisotopic (exact) mass is 461 g/mol. The van der Waals surface area contributed by atoms with Gasteiger partial charge in [-0.25, -0.2) is 0 Å². The second-order valence-electron chi connectivity index (χ2n) is 7.48. The zero-order valence-electron chi connectivity index (χ0n) is 18.9. The van der Waals surface area contributed by atoms with Gasteiger partial charge in [0.05, 0.1) is 33.6 Å². The molecule has 0 aromatic heterocycles. The van der Waals surface area contributed by atoms with Gasteiger partial charge in [0.25, 0.3) is 11.8 Å². The van der Waals surface area contributed by atoms with Crippen LogP contribution in [0, 0.1) is 0 Å². The van der Waals surface area contributed by atoms with Gasteiger partial charge < -0.3 is 29.6 Å². The molecule has 0 radical (unpaired) electrons. The fourth-order valence-electron chi connectivity index (χ4n) is 3.75. The van der Waals surface area contributed by atoms with Crippen LogP contribution in [0.15, 0.2) is 65.8 Å². The molecule has 34 heavy (non-hydrogen) atoms. The lowest BCUT2D eigenvalue weighted by atomic mass is 10.1. The molecule has 3 aromatic rings. The van der Waals surface area contributed by atoms with E-state index in [1.54, 1.807) is 74.9 Å². The molecule has 1 aliphatic heterocycles. The zero-order valence-corrected chi connectivity index (χ0v) is 18.9. The van der Waals surface area contributed by atoms with Gasteiger partial charge in [-0.3, -0.25) is 9.59 Å². The first kappa shape index (κ1) is 22.7. The van der Waals surface area contributed by atoms with Crippen LogP contribution in [0.2, 0.25) is 0 Å². The van der Waals surface area contributed by atoms with Gasteiger partial charge in [0.15, 0.2) is 5.71 Å². The first-order valence-electron chi connectivity index (χ1n) is 10.3. The van der Waals surface area contributed by atoms with Crippen LogP contribution in [0.1, 0.15) is 21.5 Å². The summed E-state index contributed by atoms with van der Waals surface area (Å²) in [5, 5.41) is 15.6. The van der Waals surface area contributed by atoms with Gasteiger partial charge in [-0.1, -0.05) is 11.2 Å². The highest BCUT2D eigenvalue weighted by molar-refractivity contribution is 6.54. The average Bonchev–Trinajstić information content (AvgIpc) is 3.13. The molecular formula is C25H23N3O6. The Morgan fingerprint density at radius 2 is 1.65 bits per heavy atom. The van der Waals surface area contributed by atoms with Crippen molar-refractivity contribution in [3.63, 3.8) is 0 Å². The third-order valence-corrected chi connectivity index (χ3v) is 5.43. The summed E-state index contributed by atoms with van der Waals surface area (Å²) >= 11 is 0. The van der Waals surface area contributed by atoms with Crippen LogP contribution in [0.5, 0.6) is 17.2 Å². The molecule has 0 saturated carbocycles. The summed E-state index contributed by atoms with van der Waals surface area (Å²) in [5.41, 5.74) is 2.49. The molecule has 4 rings (SSSR count). The molecule has 174 valence electrons. The van der Waals surface area contributed by atoms with E-state index in [4.69, 9.17) is 14.2 Å². The van der Waals surface area contributed by atoms with Gasteiger partial charge in [-0.05, 0) is 54.1 Å². The molecule has 1 aliphatic rings. The molecule has 0 fully saturated rings. The van der Waals surface area contributed by atoms with Crippen molar-refractivity contribution < 1.29 is 29.0 Å². The smallest absolute Gasteiger partial charge is 0.281 e. The number of oxime groups is 1. The van der Waals surface area contributed by atoms with E-state index >= 15 is 0 Å². The first-order valence-corrected chi connectivity index (χ1v) is 10.3. The Balaban J connectivity index is 1.62. The first-order chi connectivity index (χ1) is 16.5. The van der Waals surface area contributed by atoms with Crippen LogP contribution in [0.3, 0.4) is 0 Å². The maximum Gasteiger partial charge on any atom is 0.281 e. The van der Waals surface area contributed by atoms with Crippen molar-refractivity contribution in [2.24, 2.45) is 5.16 Å². The van der Waals surface area contributed by atoms with Gasteiger partial charge in [0, 0.05) is 22.9 Å². The minimum absolute atomic E-state index is 0.109. The number of ether oxygens (including phenoxy) is 3. The number of amides is 2. The largest absolute Gasteiger partial charge is 0.497 e. The number of carbonyl (C=O) groups is 2. The molecule has 0 unspecified atom stereocenters. The van der Waals surface area contributed by atoms with E-state index in [0.29, 0.717) is 39.8 Å². The Hall–Kier alpha value is -4.53. The lowest BCUT2D eigenvalue weighted by Crippen LogP contribution is -2.29. The predicted molar refractivity (Wildman–Crippen MR) is 126 cm³/mol. The van der Waals surface area contributed by atoms with E-state index in [2.05, 4.69) is 10.5 Å². The van der Waals surface area contributed by atoms with Crippen molar-refractivity contribution in [1.82, 2.24) is 0 Å². The molecule has 0 saturated heterocycles. The zero-order chi connectivity index (χ0) is 24.2. The molecular weight excluding hydrogens is 438 g/mol. The second-order valence-corrected chi connectivity index (χ2v) is 7.48. The number of benzene rings is 3. The van der Waals surface area contributed by atoms with Gasteiger partial charge >= 0.3 is 0 Å². The number of fused-ring (bicyclic) bond motifs is 1. The number of methoxy groups -OCH3 is 3. The Morgan fingerprint density at radius 3 is 2.29 bits per heavy atom. The van der Waals surface area contributed by atoms with Crippen molar-refractivity contribution in [2.45, 2.75) is 6.54 Å². The van der Waals surface area contributed by atoms with Crippen LogP contribution in [-0.4, -0.2) is 44.1 Å². The van der Waals surface area contributed by atoms with Crippen LogP contribution in [0.4, 0.5) is 11.4 Å². The Morgan fingerprint density at radius 1 is 0.941 bits per heavy atom. The lowest BCUT2D eigenvalue weighted by Gasteiger charge is -2.18. The summed E-state index contributed by atoms with van der Waals surface area (Å²) in [7, 11) is 4.62. The second kappa shape index (κ2) is 9.53. The molecule has 0 atom stereocenters. The van der Waals surface area contributed by atoms with Crippen molar-refractivity contribution in [3.8, 4) is 17.2 Å². The Labute approximate surface area is 196 Å². The summed E-state index contributed by atoms with van der Waals surface area (Å²) in [6.07, 6.45) is 0. The quantitative estimate of drug-likeness (QED) is 0.410. The number of nitrogens with one attached hydrogen (secondary N) is 1. The van der Waals surface area contributed by atoms with Crippen LogP contribution >= 0.6 is 0 Å². The van der Waals surface area contributed by atoms with Crippen molar-refractivity contribution in [3.05, 3.63) is 77.4 Å². The SMILES string of the molecule is COc1cc(CN2C(=O)/C(=N\O)c3cc(NC(=O)c4cccc(OC)c4)ccc32)cc(OC)c1. The fourth-order valence-corrected chi connectivity index (χ4v) is 3.75. The molecule has 0 bridgehead atoms. The van der Waals surface area contributed by atoms with Crippen molar-refractivity contribution in [1.29, 1.82) is 0 Å². The summed E-state index contributed by atoms with van der Waals surface area (Å²) < 4.78 is 15.8. The lowest BCUT2D eigenvalue weighted by molar-refractivity contribution is -0.112. The molecule has 2 N–H and O–H groups in total. The van der Waals surface area contributed by atoms with Crippen LogP contribution in [0.25, 0.3) is 0 Å². The summed E-state index contributed by atoms with van der Waals surface area (Å²) in [4.78, 5) is 27.2. The maximum atomic E-state index is 13.0. The van der Waals surface area contributed by atoms with Gasteiger partial charge in [0.1, 0.15) is 17.2 Å². The summed E-state index contributed by atoms with van der Waals surface area (Å²) in [6, 6.07) is 17.1. The van der Waals surface area contributed by atoms with Gasteiger partial charge in [0.2, 0.25) is 0 Å². The molecule has 9 heteroatoms. The van der Waals surface area contributed by atoms with Crippen LogP contribution in [-0.2, 0) is 11.3 Å². The average molecular weight is 461 g/mol. The van der Waals surface area contributed by atoms with E-state index < -0.39 is 5.91 Å². The number of hydrogen-bond acceptors (Lipinski definition) is 7. The normalized spacial score (nSPS) is 13.6. The highest BCUT2D eigenvalue weighted by Crippen LogP contribution is 2.34. The third-order valence-electron chi connectivity index (χ3n) is 5.43. The summed E-state index contributed by atoms with van der Waals surface area (Å²) in [5.74, 6) is 0.939. The van der Waals surface area contributed by atoms with Crippen LogP contribution < -0.4 is 24.4 Å². The Bertz CT molecular complexity index is 1270. The topological polar surface area (TPSA) is 110 Å². The highest BCUT2D eigenvalue weighted by atomic mass is 16.5. The van der Waals surface area contributed by atoms with E-state index in [1.165, 1.54) is 12.0 Å². The molecule has 2 amide bonds. The number of hydrogen-bond donors (Lipinski definition) is 2. The Kier molecular flexibility index (Phi) is 6.35. The minimum Gasteiger partial charge on any atom is -0.497 e. The molecule has 0 aliphatic carbocycles. The minimum atomic E-state index is -0.462. The van der Waals surface area contributed by atoms with Crippen molar-refractivity contribution >= 4 is 28.9 Å². The van der Waals surface area contributed by atoms with E-state index in [-0.39, 0.29) is 18.2 Å². The van der Waals surface area contributed by atoms with Gasteiger partial charge in [-0.2, -0.15) is 0 Å². The predicted octanol–water partition coefficient (Wildman–Crippen LogP) is 3.69. The third kappa shape index (κ3) is 4.36. The summed E-state index contributed by atoms with van der Waals surface area (Å²) in [6.45, 7) is 0.202. The maximum absolute atomic E-state index is 13.0. The number of nitrogens with zero attached hydrogens (tertiary/aromatic N) is 2. The molecule has 0 spiro atoms. The molecule has 3 aromatic carbocycles.